The third kappa shape index (κ3) is 48.2. The number of hydrogen-bond donors (Lipinski definition) is 3. The summed E-state index contributed by atoms with van der Waals surface area (Å²) in [5.74, 6) is -1.40. The fourth-order valence-electron chi connectivity index (χ4n) is 7.78. The van der Waals surface area contributed by atoms with Gasteiger partial charge in [0.2, 0.25) is 0 Å². The maximum absolute atomic E-state index is 12.9. The first-order chi connectivity index (χ1) is 35.1. The van der Waals surface area contributed by atoms with Crippen molar-refractivity contribution in [2.24, 2.45) is 5.92 Å². The van der Waals surface area contributed by atoms with Crippen LogP contribution in [0.5, 0.6) is 0 Å². The van der Waals surface area contributed by atoms with Gasteiger partial charge in [-0.1, -0.05) is 208 Å². The first-order valence-corrected chi connectivity index (χ1v) is 31.7. The summed E-state index contributed by atoms with van der Waals surface area (Å²) in [6.45, 7) is 6.96. The Morgan fingerprint density at radius 3 is 0.973 bits per heavy atom. The zero-order chi connectivity index (χ0) is 54.3. The Balaban J connectivity index is 5.18. The molecular formula is C54H104O17P2. The predicted octanol–water partition coefficient (Wildman–Crippen LogP) is 13.9. The number of carbonyl (C=O) groups is 4. The molecule has 17 nitrogen and oxygen atoms in total. The SMILES string of the molecule is CCCCCCCCCCCC(=O)OC[C@H](COP(=O)(O)OC[C@@H](O)COP(=O)(O)OC[C@@H](COC(=O)CCCCCCC)OC(=O)CCCCCCCCC)OC(=O)CCCCCCCCCCC(C)CC. The Kier molecular flexibility index (Phi) is 47.1. The molecule has 432 valence electrons. The zero-order valence-electron chi connectivity index (χ0n) is 46.3. The fraction of sp³-hybridized carbons (Fsp3) is 0.926. The molecule has 0 aliphatic heterocycles. The quantitative estimate of drug-likeness (QED) is 0.0222. The summed E-state index contributed by atoms with van der Waals surface area (Å²) in [5.41, 5.74) is 0. The molecule has 19 heteroatoms. The Morgan fingerprint density at radius 2 is 0.658 bits per heavy atom. The molecule has 0 spiro atoms. The summed E-state index contributed by atoms with van der Waals surface area (Å²) in [7, 11) is -9.85. The van der Waals surface area contributed by atoms with Crippen LogP contribution in [-0.2, 0) is 65.4 Å². The Morgan fingerprint density at radius 1 is 0.384 bits per heavy atom. The van der Waals surface area contributed by atoms with Crippen molar-refractivity contribution < 1.29 is 80.2 Å². The molecule has 0 rings (SSSR count). The van der Waals surface area contributed by atoms with Crippen LogP contribution in [-0.4, -0.2) is 96.7 Å². The van der Waals surface area contributed by atoms with E-state index in [2.05, 4.69) is 34.6 Å². The first kappa shape index (κ1) is 71.1. The topological polar surface area (TPSA) is 237 Å². The molecule has 6 atom stereocenters. The molecule has 0 fully saturated rings. The Hall–Kier alpha value is -1.94. The molecule has 0 amide bonds. The minimum absolute atomic E-state index is 0.103. The lowest BCUT2D eigenvalue weighted by Crippen LogP contribution is -2.30. The van der Waals surface area contributed by atoms with E-state index in [0.717, 1.165) is 115 Å². The number of ether oxygens (including phenoxy) is 4. The van der Waals surface area contributed by atoms with Gasteiger partial charge in [-0.2, -0.15) is 0 Å². The summed E-state index contributed by atoms with van der Waals surface area (Å²) >= 11 is 0. The number of phosphoric ester groups is 2. The third-order valence-electron chi connectivity index (χ3n) is 12.6. The highest BCUT2D eigenvalue weighted by Gasteiger charge is 2.30. The third-order valence-corrected chi connectivity index (χ3v) is 14.5. The molecule has 0 aromatic heterocycles. The van der Waals surface area contributed by atoms with Crippen molar-refractivity contribution in [3.8, 4) is 0 Å². The van der Waals surface area contributed by atoms with Gasteiger partial charge in [0, 0.05) is 25.7 Å². The molecule has 3 N–H and O–H groups in total. The molecule has 0 radical (unpaired) electrons. The van der Waals surface area contributed by atoms with Crippen LogP contribution in [0.2, 0.25) is 0 Å². The number of phosphoric acid groups is 2. The van der Waals surface area contributed by atoms with Gasteiger partial charge >= 0.3 is 39.5 Å². The van der Waals surface area contributed by atoms with Crippen LogP contribution in [0.25, 0.3) is 0 Å². The largest absolute Gasteiger partial charge is 0.472 e. The van der Waals surface area contributed by atoms with Crippen LogP contribution in [0.15, 0.2) is 0 Å². The van der Waals surface area contributed by atoms with E-state index < -0.39 is 97.5 Å². The highest BCUT2D eigenvalue weighted by atomic mass is 31.2. The highest BCUT2D eigenvalue weighted by Crippen LogP contribution is 2.45. The van der Waals surface area contributed by atoms with Crippen LogP contribution in [0, 0.1) is 5.92 Å². The zero-order valence-corrected chi connectivity index (χ0v) is 48.0. The van der Waals surface area contributed by atoms with E-state index in [9.17, 15) is 43.2 Å². The van der Waals surface area contributed by atoms with E-state index in [1.807, 2.05) is 0 Å². The lowest BCUT2D eigenvalue weighted by Gasteiger charge is -2.21. The number of aliphatic hydroxyl groups excluding tert-OH is 1. The summed E-state index contributed by atoms with van der Waals surface area (Å²) in [5, 5.41) is 10.4. The normalized spacial score (nSPS) is 14.9. The molecule has 0 saturated carbocycles. The second-order valence-electron chi connectivity index (χ2n) is 19.9. The number of carbonyl (C=O) groups excluding carboxylic acids is 4. The molecule has 0 heterocycles. The number of rotatable bonds is 54. The standard InChI is InChI=1S/C54H104O17P2/c1-6-10-13-16-18-19-24-28-33-38-52(57)65-44-50(71-54(59)40-35-30-25-21-20-23-27-31-36-47(5)9-4)46-69-73(62,63)67-42-48(55)41-66-72(60,61)68-45-49(43-64-51(56)37-32-26-15-12-8-3)70-53(58)39-34-29-22-17-14-11-7-2/h47-50,55H,6-46H2,1-5H3,(H,60,61)(H,62,63)/t47?,48-,49+,50+/m0/s1. The number of unbranched alkanes of at least 4 members (excludes halogenated alkanes) is 25. The Labute approximate surface area is 441 Å². The lowest BCUT2D eigenvalue weighted by atomic mass is 9.99. The number of aliphatic hydroxyl groups is 1. The van der Waals surface area contributed by atoms with Crippen LogP contribution in [0.3, 0.4) is 0 Å². The summed E-state index contributed by atoms with van der Waals surface area (Å²) in [6.07, 6.45) is 28.4. The average Bonchev–Trinajstić information content (AvgIpc) is 3.36. The van der Waals surface area contributed by atoms with Gasteiger partial charge < -0.3 is 33.8 Å². The summed E-state index contributed by atoms with van der Waals surface area (Å²) in [6, 6.07) is 0. The molecule has 0 aromatic rings. The average molecular weight is 1090 g/mol. The van der Waals surface area contributed by atoms with Gasteiger partial charge in [-0.05, 0) is 31.6 Å². The van der Waals surface area contributed by atoms with Gasteiger partial charge in [-0.15, -0.1) is 0 Å². The van der Waals surface area contributed by atoms with E-state index in [-0.39, 0.29) is 25.7 Å². The molecule has 0 aromatic carbocycles. The van der Waals surface area contributed by atoms with Gasteiger partial charge in [0.15, 0.2) is 12.2 Å². The maximum Gasteiger partial charge on any atom is 0.472 e. The van der Waals surface area contributed by atoms with Crippen LogP contribution in [0.4, 0.5) is 0 Å². The number of esters is 4. The first-order valence-electron chi connectivity index (χ1n) is 28.7. The minimum Gasteiger partial charge on any atom is -0.462 e. The molecule has 73 heavy (non-hydrogen) atoms. The summed E-state index contributed by atoms with van der Waals surface area (Å²) < 4.78 is 67.2. The van der Waals surface area contributed by atoms with Crippen LogP contribution >= 0.6 is 15.6 Å². The molecule has 3 unspecified atom stereocenters. The minimum atomic E-state index is -4.93. The lowest BCUT2D eigenvalue weighted by molar-refractivity contribution is -0.161. The van der Waals surface area contributed by atoms with Crippen LogP contribution < -0.4 is 0 Å². The molecule has 0 saturated heterocycles. The molecular weight excluding hydrogens is 983 g/mol. The van der Waals surface area contributed by atoms with E-state index in [4.69, 9.17) is 37.0 Å². The maximum atomic E-state index is 12.9. The van der Waals surface area contributed by atoms with E-state index in [1.165, 1.54) is 64.2 Å². The van der Waals surface area contributed by atoms with Crippen molar-refractivity contribution in [1.29, 1.82) is 0 Å². The van der Waals surface area contributed by atoms with Crippen molar-refractivity contribution in [2.75, 3.05) is 39.6 Å². The fourth-order valence-corrected chi connectivity index (χ4v) is 9.36. The Bertz CT molecular complexity index is 1450. The van der Waals surface area contributed by atoms with Crippen molar-refractivity contribution in [3.05, 3.63) is 0 Å². The van der Waals surface area contributed by atoms with Gasteiger partial charge in [-0.3, -0.25) is 37.3 Å². The van der Waals surface area contributed by atoms with E-state index in [1.54, 1.807) is 0 Å². The van der Waals surface area contributed by atoms with Crippen molar-refractivity contribution in [3.63, 3.8) is 0 Å². The second kappa shape index (κ2) is 48.4. The monoisotopic (exact) mass is 1090 g/mol. The van der Waals surface area contributed by atoms with Gasteiger partial charge in [0.1, 0.15) is 19.3 Å². The smallest absolute Gasteiger partial charge is 0.462 e. The van der Waals surface area contributed by atoms with Gasteiger partial charge in [0.25, 0.3) is 0 Å². The molecule has 0 bridgehead atoms. The van der Waals surface area contributed by atoms with E-state index >= 15 is 0 Å². The van der Waals surface area contributed by atoms with Gasteiger partial charge in [-0.25, -0.2) is 9.13 Å². The van der Waals surface area contributed by atoms with Gasteiger partial charge in [0.05, 0.1) is 26.4 Å². The molecule has 0 aliphatic rings. The predicted molar refractivity (Wildman–Crippen MR) is 285 cm³/mol. The van der Waals surface area contributed by atoms with Crippen molar-refractivity contribution in [2.45, 2.75) is 278 Å². The van der Waals surface area contributed by atoms with E-state index in [0.29, 0.717) is 25.7 Å². The van der Waals surface area contributed by atoms with Crippen molar-refractivity contribution in [1.82, 2.24) is 0 Å². The van der Waals surface area contributed by atoms with Crippen molar-refractivity contribution >= 4 is 39.5 Å². The molecule has 0 aliphatic carbocycles. The summed E-state index contributed by atoms with van der Waals surface area (Å²) in [4.78, 5) is 71.3. The number of hydrogen-bond acceptors (Lipinski definition) is 15. The highest BCUT2D eigenvalue weighted by molar-refractivity contribution is 7.47. The second-order valence-corrected chi connectivity index (χ2v) is 22.8. The van der Waals surface area contributed by atoms with Crippen LogP contribution in [0.1, 0.15) is 259 Å².